The molecule has 2 heterocycles. The third kappa shape index (κ3) is 3.88. The Morgan fingerprint density at radius 3 is 2.33 bits per heavy atom. The molecule has 0 radical (unpaired) electrons. The van der Waals surface area contributed by atoms with E-state index in [1.54, 1.807) is 17.0 Å². The van der Waals surface area contributed by atoms with Crippen molar-refractivity contribution in [3.63, 3.8) is 0 Å². The summed E-state index contributed by atoms with van der Waals surface area (Å²) in [6.45, 7) is 2.34. The number of rotatable bonds is 3. The highest BCUT2D eigenvalue weighted by molar-refractivity contribution is 6.02. The van der Waals surface area contributed by atoms with Crippen molar-refractivity contribution in [3.05, 3.63) is 53.3 Å². The number of hydrogen-bond donors (Lipinski definition) is 1. The zero-order chi connectivity index (χ0) is 21.5. The van der Waals surface area contributed by atoms with E-state index in [-0.39, 0.29) is 35.1 Å². The van der Waals surface area contributed by atoms with Crippen LogP contribution in [0, 0.1) is 11.8 Å². The number of anilines is 1. The molecule has 2 aliphatic rings. The summed E-state index contributed by atoms with van der Waals surface area (Å²) in [6, 6.07) is 5.43. The summed E-state index contributed by atoms with van der Waals surface area (Å²) < 4.78 is 40.1. The maximum Gasteiger partial charge on any atom is 0.416 e. The van der Waals surface area contributed by atoms with Crippen LogP contribution in [0.5, 0.6) is 0 Å². The lowest BCUT2D eigenvalue weighted by Crippen LogP contribution is -2.34. The molecule has 1 aliphatic heterocycles. The second-order valence-corrected chi connectivity index (χ2v) is 7.98. The molecule has 3 atom stereocenters. The van der Waals surface area contributed by atoms with Gasteiger partial charge in [0.2, 0.25) is 0 Å². The van der Waals surface area contributed by atoms with Gasteiger partial charge >= 0.3 is 12.2 Å². The van der Waals surface area contributed by atoms with Crippen molar-refractivity contribution >= 4 is 17.5 Å². The van der Waals surface area contributed by atoms with Gasteiger partial charge in [0, 0.05) is 13.1 Å². The van der Waals surface area contributed by atoms with Gasteiger partial charge in [0.15, 0.2) is 5.78 Å². The first-order chi connectivity index (χ1) is 14.2. The second-order valence-electron chi connectivity index (χ2n) is 7.98. The van der Waals surface area contributed by atoms with Crippen molar-refractivity contribution in [1.29, 1.82) is 0 Å². The lowest BCUT2D eigenvalue weighted by molar-refractivity contribution is -0.138. The molecule has 0 spiro atoms. The predicted octanol–water partition coefficient (Wildman–Crippen LogP) is 4.36. The molecule has 2 aromatic rings. The number of fused-ring (bicyclic) bond motifs is 1. The van der Waals surface area contributed by atoms with E-state index in [2.05, 4.69) is 15.5 Å². The standard InChI is InChI=1S/C21H21F3N4O2/c1-12(29)17-8-25-26-9-19(17)27-20(30)28-10-14-6-13(7-15(14)11-28)16-4-2-3-5-18(16)21(22,23)24/h2-5,8-9,13-15H,6-7,10-11H2,1H3,(H,25,27,30)/t13-,14-,15+. The minimum atomic E-state index is -4.37. The third-order valence-corrected chi connectivity index (χ3v) is 6.10. The number of carbonyl (C=O) groups excluding carboxylic acids is 2. The molecule has 1 saturated carbocycles. The van der Waals surface area contributed by atoms with Crippen LogP contribution in [0.1, 0.15) is 47.2 Å². The van der Waals surface area contributed by atoms with Crippen LogP contribution in [0.25, 0.3) is 0 Å². The van der Waals surface area contributed by atoms with Gasteiger partial charge in [0.1, 0.15) is 0 Å². The quantitative estimate of drug-likeness (QED) is 0.752. The molecule has 1 N–H and O–H groups in total. The van der Waals surface area contributed by atoms with Gasteiger partial charge in [-0.3, -0.25) is 4.79 Å². The Morgan fingerprint density at radius 1 is 1.07 bits per heavy atom. The minimum absolute atomic E-state index is 0.156. The number of nitrogens with zero attached hydrogens (tertiary/aromatic N) is 3. The van der Waals surface area contributed by atoms with Gasteiger partial charge in [-0.2, -0.15) is 23.4 Å². The smallest absolute Gasteiger partial charge is 0.324 e. The first-order valence-electron chi connectivity index (χ1n) is 9.77. The number of ketones is 1. The molecular formula is C21H21F3N4O2. The molecule has 1 saturated heterocycles. The fourth-order valence-electron chi connectivity index (χ4n) is 4.73. The Labute approximate surface area is 171 Å². The summed E-state index contributed by atoms with van der Waals surface area (Å²) >= 11 is 0. The van der Waals surface area contributed by atoms with Gasteiger partial charge < -0.3 is 10.2 Å². The maximum absolute atomic E-state index is 13.4. The number of carbonyl (C=O) groups is 2. The van der Waals surface area contributed by atoms with E-state index >= 15 is 0 Å². The van der Waals surface area contributed by atoms with Crippen LogP contribution in [-0.4, -0.2) is 40.0 Å². The van der Waals surface area contributed by atoms with Gasteiger partial charge in [0.05, 0.1) is 29.2 Å². The molecular weight excluding hydrogens is 397 g/mol. The van der Waals surface area contributed by atoms with Gasteiger partial charge in [-0.15, -0.1) is 0 Å². The molecule has 1 aromatic heterocycles. The number of urea groups is 1. The monoisotopic (exact) mass is 418 g/mol. The van der Waals surface area contributed by atoms with Crippen LogP contribution in [0.3, 0.4) is 0 Å². The van der Waals surface area contributed by atoms with Crippen LogP contribution < -0.4 is 5.32 Å². The van der Waals surface area contributed by atoms with Crippen molar-refractivity contribution in [3.8, 4) is 0 Å². The van der Waals surface area contributed by atoms with Crippen molar-refractivity contribution in [2.75, 3.05) is 18.4 Å². The van der Waals surface area contributed by atoms with E-state index in [4.69, 9.17) is 0 Å². The van der Waals surface area contributed by atoms with E-state index < -0.39 is 11.7 Å². The highest BCUT2D eigenvalue weighted by Crippen LogP contribution is 2.48. The van der Waals surface area contributed by atoms with Gasteiger partial charge in [-0.1, -0.05) is 18.2 Å². The Kier molecular flexibility index (Phi) is 5.21. The van der Waals surface area contributed by atoms with E-state index in [0.29, 0.717) is 37.2 Å². The van der Waals surface area contributed by atoms with E-state index in [1.807, 2.05) is 0 Å². The van der Waals surface area contributed by atoms with Crippen molar-refractivity contribution < 1.29 is 22.8 Å². The molecule has 4 rings (SSSR count). The summed E-state index contributed by atoms with van der Waals surface area (Å²) in [7, 11) is 0. The van der Waals surface area contributed by atoms with Crippen molar-refractivity contribution in [2.24, 2.45) is 11.8 Å². The van der Waals surface area contributed by atoms with Crippen LogP contribution >= 0.6 is 0 Å². The van der Waals surface area contributed by atoms with Gasteiger partial charge in [-0.25, -0.2) is 4.79 Å². The van der Waals surface area contributed by atoms with E-state index in [9.17, 15) is 22.8 Å². The van der Waals surface area contributed by atoms with Crippen molar-refractivity contribution in [1.82, 2.24) is 15.1 Å². The Bertz CT molecular complexity index is 965. The van der Waals surface area contributed by atoms with Gasteiger partial charge in [-0.05, 0) is 49.1 Å². The summed E-state index contributed by atoms with van der Waals surface area (Å²) in [5, 5.41) is 10.1. The number of nitrogens with one attached hydrogen (secondary N) is 1. The summed E-state index contributed by atoms with van der Waals surface area (Å²) in [5.41, 5.74) is 0.369. The molecule has 30 heavy (non-hydrogen) atoms. The third-order valence-electron chi connectivity index (χ3n) is 6.10. The highest BCUT2D eigenvalue weighted by Gasteiger charge is 2.45. The van der Waals surface area contributed by atoms with E-state index in [1.165, 1.54) is 25.4 Å². The summed E-state index contributed by atoms with van der Waals surface area (Å²) in [6.07, 6.45) is -0.490. The summed E-state index contributed by atoms with van der Waals surface area (Å²) in [5.74, 6) is -0.0730. The molecule has 9 heteroatoms. The second kappa shape index (κ2) is 7.70. The normalized spacial score (nSPS) is 23.3. The molecule has 1 aromatic carbocycles. The zero-order valence-corrected chi connectivity index (χ0v) is 16.3. The number of alkyl halides is 3. The van der Waals surface area contributed by atoms with Crippen LogP contribution in [0.2, 0.25) is 0 Å². The number of amides is 2. The number of benzene rings is 1. The average molecular weight is 418 g/mol. The molecule has 1 aliphatic carbocycles. The maximum atomic E-state index is 13.4. The predicted molar refractivity (Wildman–Crippen MR) is 103 cm³/mol. The van der Waals surface area contributed by atoms with Crippen LogP contribution in [0.15, 0.2) is 36.7 Å². The first kappa shape index (κ1) is 20.3. The average Bonchev–Trinajstić information content (AvgIpc) is 3.27. The number of likely N-dealkylation sites (tertiary alicyclic amines) is 1. The fourth-order valence-corrected chi connectivity index (χ4v) is 4.73. The molecule has 2 fully saturated rings. The number of hydrogen-bond acceptors (Lipinski definition) is 4. The zero-order valence-electron chi connectivity index (χ0n) is 16.3. The minimum Gasteiger partial charge on any atom is -0.324 e. The van der Waals surface area contributed by atoms with Crippen LogP contribution in [0.4, 0.5) is 23.7 Å². The fraction of sp³-hybridized carbons (Fsp3) is 0.429. The van der Waals surface area contributed by atoms with Crippen LogP contribution in [-0.2, 0) is 6.18 Å². The number of Topliss-reactive ketones (excluding diaryl/α,β-unsaturated/α-hetero) is 1. The topological polar surface area (TPSA) is 75.2 Å². The largest absolute Gasteiger partial charge is 0.416 e. The molecule has 0 bridgehead atoms. The Morgan fingerprint density at radius 2 is 1.70 bits per heavy atom. The lowest BCUT2D eigenvalue weighted by Gasteiger charge is -2.22. The molecule has 158 valence electrons. The first-order valence-corrected chi connectivity index (χ1v) is 9.77. The summed E-state index contributed by atoms with van der Waals surface area (Å²) in [4.78, 5) is 26.0. The number of aromatic nitrogens is 2. The lowest BCUT2D eigenvalue weighted by atomic mass is 9.91. The number of halogens is 3. The molecule has 0 unspecified atom stereocenters. The molecule has 6 nitrogen and oxygen atoms in total. The van der Waals surface area contributed by atoms with Gasteiger partial charge in [0.25, 0.3) is 0 Å². The van der Waals surface area contributed by atoms with Crippen molar-refractivity contribution in [2.45, 2.75) is 31.9 Å². The van der Waals surface area contributed by atoms with E-state index in [0.717, 1.165) is 6.07 Å². The Hall–Kier alpha value is -2.97. The SMILES string of the molecule is CC(=O)c1cnncc1NC(=O)N1C[C@H]2C[C@@H](c3ccccc3C(F)(F)F)C[C@H]2C1. The molecule has 2 amide bonds. The Balaban J connectivity index is 1.42. The highest BCUT2D eigenvalue weighted by atomic mass is 19.4.